The summed E-state index contributed by atoms with van der Waals surface area (Å²) >= 11 is 1.56. The fourth-order valence-corrected chi connectivity index (χ4v) is 2.49. The Morgan fingerprint density at radius 2 is 2.33 bits per heavy atom. The molecule has 3 aromatic rings. The third-order valence-corrected chi connectivity index (χ3v) is 3.69. The number of amides is 1. The highest BCUT2D eigenvalue weighted by Crippen LogP contribution is 2.24. The van der Waals surface area contributed by atoms with Crippen molar-refractivity contribution in [1.82, 2.24) is 9.97 Å². The number of aromatic nitrogens is 2. The number of hydrogen-bond acceptors (Lipinski definition) is 6. The molecule has 21 heavy (non-hydrogen) atoms. The molecular formula is C14H12N4O2S. The highest BCUT2D eigenvalue weighted by atomic mass is 32.1. The summed E-state index contributed by atoms with van der Waals surface area (Å²) in [4.78, 5) is 20.6. The highest BCUT2D eigenvalue weighted by Gasteiger charge is 2.10. The molecule has 0 aliphatic rings. The van der Waals surface area contributed by atoms with Crippen LogP contribution in [0.25, 0.3) is 10.8 Å². The first-order valence-corrected chi connectivity index (χ1v) is 7.08. The molecule has 1 amide bonds. The molecule has 7 heteroatoms. The number of rotatable bonds is 5. The van der Waals surface area contributed by atoms with Crippen LogP contribution >= 0.6 is 11.3 Å². The Hall–Kier alpha value is -2.67. The average molecular weight is 300 g/mol. The number of thiophene rings is 1. The molecule has 0 bridgehead atoms. The predicted octanol–water partition coefficient (Wildman–Crippen LogP) is 2.51. The molecule has 0 atom stereocenters. The summed E-state index contributed by atoms with van der Waals surface area (Å²) in [6.07, 6.45) is 4.62. The van der Waals surface area contributed by atoms with E-state index in [4.69, 9.17) is 10.2 Å². The summed E-state index contributed by atoms with van der Waals surface area (Å²) in [6, 6.07) is 5.58. The summed E-state index contributed by atoms with van der Waals surface area (Å²) in [5.74, 6) is 0.0664. The number of carbonyl (C=O) groups excluding carboxylic acids is 1. The molecule has 0 aliphatic carbocycles. The summed E-state index contributed by atoms with van der Waals surface area (Å²) in [6.45, 7) is 0.430. The Kier molecular flexibility index (Phi) is 3.65. The van der Waals surface area contributed by atoms with E-state index in [-0.39, 0.29) is 0 Å². The van der Waals surface area contributed by atoms with Gasteiger partial charge in [0.25, 0.3) is 5.91 Å². The first-order chi connectivity index (χ1) is 10.2. The smallest absolute Gasteiger partial charge is 0.252 e. The van der Waals surface area contributed by atoms with Gasteiger partial charge in [0.1, 0.15) is 6.26 Å². The van der Waals surface area contributed by atoms with E-state index < -0.39 is 5.91 Å². The third-order valence-electron chi connectivity index (χ3n) is 2.83. The lowest BCUT2D eigenvalue weighted by Crippen LogP contribution is -2.14. The second-order valence-electron chi connectivity index (χ2n) is 4.26. The fraction of sp³-hybridized carbons (Fsp3) is 0.0714. The number of primary amides is 1. The van der Waals surface area contributed by atoms with E-state index in [1.807, 2.05) is 17.5 Å². The lowest BCUT2D eigenvalue weighted by atomic mass is 10.2. The van der Waals surface area contributed by atoms with Gasteiger partial charge < -0.3 is 15.5 Å². The molecule has 0 saturated carbocycles. The normalized spacial score (nSPS) is 10.5. The van der Waals surface area contributed by atoms with Gasteiger partial charge in [-0.1, -0.05) is 6.07 Å². The van der Waals surface area contributed by atoms with Crippen molar-refractivity contribution in [3.8, 4) is 10.8 Å². The van der Waals surface area contributed by atoms with Gasteiger partial charge in [0, 0.05) is 12.4 Å². The van der Waals surface area contributed by atoms with E-state index in [2.05, 4.69) is 15.3 Å². The van der Waals surface area contributed by atoms with Crippen molar-refractivity contribution in [2.45, 2.75) is 6.54 Å². The average Bonchev–Trinajstić information content (AvgIpc) is 3.16. The first kappa shape index (κ1) is 13.3. The predicted molar refractivity (Wildman–Crippen MR) is 79.9 cm³/mol. The molecule has 0 spiro atoms. The molecule has 0 radical (unpaired) electrons. The molecule has 0 saturated heterocycles. The summed E-state index contributed by atoms with van der Waals surface area (Å²) in [5.41, 5.74) is 7.01. The molecule has 0 fully saturated rings. The zero-order valence-corrected chi connectivity index (χ0v) is 11.8. The lowest BCUT2D eigenvalue weighted by molar-refractivity contribution is 0.100. The number of carbonyl (C=O) groups is 1. The van der Waals surface area contributed by atoms with Crippen molar-refractivity contribution in [2.24, 2.45) is 5.73 Å². The largest absolute Gasteiger partial charge is 0.443 e. The maximum atomic E-state index is 11.3. The van der Waals surface area contributed by atoms with Crippen LogP contribution in [0.2, 0.25) is 0 Å². The number of nitrogens with zero attached hydrogens (tertiary/aromatic N) is 2. The molecule has 106 valence electrons. The molecule has 0 aromatic carbocycles. The van der Waals surface area contributed by atoms with Crippen molar-refractivity contribution in [2.75, 3.05) is 5.32 Å². The highest BCUT2D eigenvalue weighted by molar-refractivity contribution is 7.13. The molecule has 3 aromatic heterocycles. The van der Waals surface area contributed by atoms with Gasteiger partial charge in [-0.15, -0.1) is 11.3 Å². The minimum absolute atomic E-state index is 0.347. The van der Waals surface area contributed by atoms with E-state index >= 15 is 0 Å². The van der Waals surface area contributed by atoms with E-state index in [0.717, 1.165) is 10.6 Å². The summed E-state index contributed by atoms with van der Waals surface area (Å²) < 4.78 is 5.43. The standard InChI is InChI=1S/C14H12N4O2S/c15-13(19)10-7-16-4-3-11(10)17-6-9-8-20-14(18-9)12-2-1-5-21-12/h1-5,7-8H,6H2,(H2,15,19)(H,16,17). The zero-order chi connectivity index (χ0) is 14.7. The number of oxazole rings is 1. The van der Waals surface area contributed by atoms with E-state index in [1.165, 1.54) is 6.20 Å². The third kappa shape index (κ3) is 2.92. The number of hydrogen-bond donors (Lipinski definition) is 2. The molecule has 0 aliphatic heterocycles. The van der Waals surface area contributed by atoms with Gasteiger partial charge in [0.15, 0.2) is 0 Å². The van der Waals surface area contributed by atoms with Gasteiger partial charge in [-0.05, 0) is 17.5 Å². The summed E-state index contributed by atoms with van der Waals surface area (Å²) in [5, 5.41) is 5.08. The monoisotopic (exact) mass is 300 g/mol. The Bertz CT molecular complexity index is 752. The number of anilines is 1. The SMILES string of the molecule is NC(=O)c1cnccc1NCc1coc(-c2cccs2)n1. The van der Waals surface area contributed by atoms with Crippen LogP contribution in [0.15, 0.2) is 46.7 Å². The minimum atomic E-state index is -0.523. The first-order valence-electron chi connectivity index (χ1n) is 6.20. The molecule has 3 N–H and O–H groups in total. The molecule has 6 nitrogen and oxygen atoms in total. The Morgan fingerprint density at radius 1 is 1.43 bits per heavy atom. The second-order valence-corrected chi connectivity index (χ2v) is 5.21. The number of nitrogens with two attached hydrogens (primary N) is 1. The maximum Gasteiger partial charge on any atom is 0.252 e. The van der Waals surface area contributed by atoms with Crippen molar-refractivity contribution >= 4 is 22.9 Å². The molecular weight excluding hydrogens is 288 g/mol. The van der Waals surface area contributed by atoms with Crippen molar-refractivity contribution in [1.29, 1.82) is 0 Å². The number of nitrogens with one attached hydrogen (secondary N) is 1. The van der Waals surface area contributed by atoms with E-state index in [1.54, 1.807) is 29.9 Å². The van der Waals surface area contributed by atoms with E-state index in [9.17, 15) is 4.79 Å². The maximum absolute atomic E-state index is 11.3. The van der Waals surface area contributed by atoms with Crippen molar-refractivity contribution in [3.63, 3.8) is 0 Å². The van der Waals surface area contributed by atoms with E-state index in [0.29, 0.717) is 23.7 Å². The number of pyridine rings is 1. The van der Waals surface area contributed by atoms with Crippen LogP contribution in [0, 0.1) is 0 Å². The van der Waals surface area contributed by atoms with Gasteiger partial charge in [0.05, 0.1) is 28.4 Å². The van der Waals surface area contributed by atoms with Crippen molar-refractivity contribution < 1.29 is 9.21 Å². The van der Waals surface area contributed by atoms with Crippen molar-refractivity contribution in [3.05, 3.63) is 53.5 Å². The minimum Gasteiger partial charge on any atom is -0.443 e. The Morgan fingerprint density at radius 3 is 3.10 bits per heavy atom. The van der Waals surface area contributed by atoms with Crippen LogP contribution in [0.1, 0.15) is 16.1 Å². The fourth-order valence-electron chi connectivity index (χ4n) is 1.83. The quantitative estimate of drug-likeness (QED) is 0.755. The second kappa shape index (κ2) is 5.76. The Balaban J connectivity index is 1.73. The zero-order valence-electron chi connectivity index (χ0n) is 10.9. The van der Waals surface area contributed by atoms with Gasteiger partial charge in [-0.3, -0.25) is 9.78 Å². The summed E-state index contributed by atoms with van der Waals surface area (Å²) in [7, 11) is 0. The van der Waals surface area contributed by atoms with Crippen LogP contribution in [0.5, 0.6) is 0 Å². The Labute approximate surface area is 124 Å². The lowest BCUT2D eigenvalue weighted by Gasteiger charge is -2.07. The topological polar surface area (TPSA) is 94.0 Å². The van der Waals surface area contributed by atoms with Crippen LogP contribution in [-0.4, -0.2) is 15.9 Å². The van der Waals surface area contributed by atoms with Gasteiger partial charge in [-0.2, -0.15) is 0 Å². The van der Waals surface area contributed by atoms with Crippen LogP contribution in [-0.2, 0) is 6.54 Å². The van der Waals surface area contributed by atoms with Gasteiger partial charge in [0.2, 0.25) is 5.89 Å². The molecule has 3 heterocycles. The molecule has 3 rings (SSSR count). The van der Waals surface area contributed by atoms with Crippen LogP contribution in [0.4, 0.5) is 5.69 Å². The van der Waals surface area contributed by atoms with Crippen LogP contribution in [0.3, 0.4) is 0 Å². The van der Waals surface area contributed by atoms with Crippen LogP contribution < -0.4 is 11.1 Å². The van der Waals surface area contributed by atoms with Gasteiger partial charge in [-0.25, -0.2) is 4.98 Å². The molecule has 0 unspecified atom stereocenters. The van der Waals surface area contributed by atoms with Gasteiger partial charge >= 0.3 is 0 Å².